The Bertz CT molecular complexity index is 807. The van der Waals surface area contributed by atoms with Gasteiger partial charge in [0.15, 0.2) is 0 Å². The van der Waals surface area contributed by atoms with Gasteiger partial charge in [0, 0.05) is 17.8 Å². The van der Waals surface area contributed by atoms with Crippen LogP contribution in [0.3, 0.4) is 0 Å². The van der Waals surface area contributed by atoms with Crippen LogP contribution in [0, 0.1) is 0 Å². The van der Waals surface area contributed by atoms with Crippen molar-refractivity contribution in [3.8, 4) is 5.75 Å². The van der Waals surface area contributed by atoms with Crippen LogP contribution < -0.4 is 10.1 Å². The molecule has 24 heavy (non-hydrogen) atoms. The highest BCUT2D eigenvalue weighted by atomic mass is 35.5. The minimum Gasteiger partial charge on any atom is -0.495 e. The highest BCUT2D eigenvalue weighted by molar-refractivity contribution is 6.32. The zero-order valence-corrected chi connectivity index (χ0v) is 14.1. The number of ether oxygens (including phenoxy) is 1. The van der Waals surface area contributed by atoms with Crippen molar-refractivity contribution in [3.63, 3.8) is 0 Å². The lowest BCUT2D eigenvalue weighted by Crippen LogP contribution is -2.42. The molecular weight excluding hydrogens is 328 g/mol. The third-order valence-electron chi connectivity index (χ3n) is 4.12. The highest BCUT2D eigenvalue weighted by Gasteiger charge is 2.33. The Kier molecular flexibility index (Phi) is 4.44. The molecule has 2 aromatic rings. The SMILES string of the molecule is COc1ccc(NC(=O)[C@H](C)N2Cc3ccccc3C2=O)cc1Cl. The number of benzene rings is 2. The number of nitrogens with zero attached hydrogens (tertiary/aromatic N) is 1. The van der Waals surface area contributed by atoms with E-state index in [9.17, 15) is 9.59 Å². The van der Waals surface area contributed by atoms with Crippen LogP contribution in [-0.2, 0) is 11.3 Å². The molecule has 2 amide bonds. The molecule has 0 radical (unpaired) electrons. The molecule has 0 saturated carbocycles. The summed E-state index contributed by atoms with van der Waals surface area (Å²) in [6.07, 6.45) is 0. The quantitative estimate of drug-likeness (QED) is 0.925. The predicted octanol–water partition coefficient (Wildman–Crippen LogP) is 3.33. The van der Waals surface area contributed by atoms with E-state index < -0.39 is 6.04 Å². The minimum atomic E-state index is -0.592. The minimum absolute atomic E-state index is 0.124. The van der Waals surface area contributed by atoms with E-state index in [4.69, 9.17) is 16.3 Å². The average molecular weight is 345 g/mol. The van der Waals surface area contributed by atoms with E-state index in [0.717, 1.165) is 5.56 Å². The average Bonchev–Trinajstić information content (AvgIpc) is 2.91. The lowest BCUT2D eigenvalue weighted by molar-refractivity contribution is -0.120. The van der Waals surface area contributed by atoms with Gasteiger partial charge in [0.05, 0.1) is 12.1 Å². The van der Waals surface area contributed by atoms with E-state index in [1.807, 2.05) is 18.2 Å². The van der Waals surface area contributed by atoms with Gasteiger partial charge in [0.1, 0.15) is 11.8 Å². The maximum atomic E-state index is 12.5. The van der Waals surface area contributed by atoms with Gasteiger partial charge in [0.2, 0.25) is 5.91 Å². The first-order chi connectivity index (χ1) is 11.5. The second-order valence-electron chi connectivity index (χ2n) is 5.60. The molecule has 0 saturated heterocycles. The topological polar surface area (TPSA) is 58.6 Å². The Morgan fingerprint density at radius 1 is 1.29 bits per heavy atom. The summed E-state index contributed by atoms with van der Waals surface area (Å²) < 4.78 is 5.09. The molecule has 5 nitrogen and oxygen atoms in total. The fraction of sp³-hybridized carbons (Fsp3) is 0.222. The van der Waals surface area contributed by atoms with Gasteiger partial charge in [-0.25, -0.2) is 0 Å². The fourth-order valence-electron chi connectivity index (χ4n) is 2.72. The van der Waals surface area contributed by atoms with E-state index in [0.29, 0.717) is 28.6 Å². The molecule has 0 aromatic heterocycles. The molecule has 0 spiro atoms. The molecule has 3 rings (SSSR count). The number of rotatable bonds is 4. The van der Waals surface area contributed by atoms with Crippen molar-refractivity contribution in [3.05, 3.63) is 58.6 Å². The summed E-state index contributed by atoms with van der Waals surface area (Å²) in [5.41, 5.74) is 2.15. The summed E-state index contributed by atoms with van der Waals surface area (Å²) in [7, 11) is 1.53. The smallest absolute Gasteiger partial charge is 0.255 e. The third kappa shape index (κ3) is 2.95. The highest BCUT2D eigenvalue weighted by Crippen LogP contribution is 2.28. The number of nitrogens with one attached hydrogen (secondary N) is 1. The fourth-order valence-corrected chi connectivity index (χ4v) is 2.98. The summed E-state index contributed by atoms with van der Waals surface area (Å²) in [6.45, 7) is 2.15. The summed E-state index contributed by atoms with van der Waals surface area (Å²) in [5.74, 6) is 0.145. The van der Waals surface area contributed by atoms with Crippen molar-refractivity contribution in [2.24, 2.45) is 0 Å². The molecule has 2 aromatic carbocycles. The van der Waals surface area contributed by atoms with E-state index in [1.165, 1.54) is 7.11 Å². The molecule has 0 unspecified atom stereocenters. The Morgan fingerprint density at radius 2 is 2.04 bits per heavy atom. The van der Waals surface area contributed by atoms with Gasteiger partial charge in [0.25, 0.3) is 5.91 Å². The van der Waals surface area contributed by atoms with Crippen LogP contribution in [0.15, 0.2) is 42.5 Å². The second-order valence-corrected chi connectivity index (χ2v) is 6.01. The largest absolute Gasteiger partial charge is 0.495 e. The van der Waals surface area contributed by atoms with Gasteiger partial charge in [-0.15, -0.1) is 0 Å². The molecule has 0 bridgehead atoms. The maximum Gasteiger partial charge on any atom is 0.255 e. The number of carbonyl (C=O) groups excluding carboxylic acids is 2. The van der Waals surface area contributed by atoms with Crippen LogP contribution in [0.1, 0.15) is 22.8 Å². The molecule has 124 valence electrons. The maximum absolute atomic E-state index is 12.5. The first-order valence-corrected chi connectivity index (χ1v) is 7.92. The lowest BCUT2D eigenvalue weighted by Gasteiger charge is -2.23. The van der Waals surface area contributed by atoms with E-state index in [1.54, 1.807) is 36.1 Å². The number of fused-ring (bicyclic) bond motifs is 1. The number of methoxy groups -OCH3 is 1. The molecule has 0 fully saturated rings. The van der Waals surface area contributed by atoms with Gasteiger partial charge in [-0.3, -0.25) is 9.59 Å². The summed E-state index contributed by atoms with van der Waals surface area (Å²) in [5, 5.41) is 3.20. The summed E-state index contributed by atoms with van der Waals surface area (Å²) >= 11 is 6.06. The van der Waals surface area contributed by atoms with Gasteiger partial charge < -0.3 is 15.0 Å². The summed E-state index contributed by atoms with van der Waals surface area (Å²) in [6, 6.07) is 11.8. The zero-order valence-electron chi connectivity index (χ0n) is 13.4. The normalized spacial score (nSPS) is 14.3. The van der Waals surface area contributed by atoms with Crippen LogP contribution in [0.25, 0.3) is 0 Å². The first kappa shape index (κ1) is 16.3. The Morgan fingerprint density at radius 3 is 2.71 bits per heavy atom. The molecule has 0 aliphatic carbocycles. The Hall–Kier alpha value is -2.53. The molecule has 1 aliphatic rings. The zero-order chi connectivity index (χ0) is 17.3. The summed E-state index contributed by atoms with van der Waals surface area (Å²) in [4.78, 5) is 26.5. The van der Waals surface area contributed by atoms with Crippen molar-refractivity contribution in [1.29, 1.82) is 0 Å². The van der Waals surface area contributed by atoms with Crippen molar-refractivity contribution in [1.82, 2.24) is 4.90 Å². The van der Waals surface area contributed by atoms with Gasteiger partial charge >= 0.3 is 0 Å². The third-order valence-corrected chi connectivity index (χ3v) is 4.41. The molecule has 1 N–H and O–H groups in total. The number of amides is 2. The number of anilines is 1. The first-order valence-electron chi connectivity index (χ1n) is 7.54. The number of hydrogen-bond donors (Lipinski definition) is 1. The van der Waals surface area contributed by atoms with E-state index >= 15 is 0 Å². The van der Waals surface area contributed by atoms with Crippen LogP contribution in [0.4, 0.5) is 5.69 Å². The van der Waals surface area contributed by atoms with E-state index in [-0.39, 0.29) is 11.8 Å². The Balaban J connectivity index is 1.72. The van der Waals surface area contributed by atoms with Crippen molar-refractivity contribution < 1.29 is 14.3 Å². The van der Waals surface area contributed by atoms with Crippen molar-refractivity contribution in [2.45, 2.75) is 19.5 Å². The van der Waals surface area contributed by atoms with Crippen LogP contribution in [0.5, 0.6) is 5.75 Å². The standard InChI is InChI=1S/C18H17ClN2O3/c1-11(21-10-12-5-3-4-6-14(12)18(21)23)17(22)20-13-7-8-16(24-2)15(19)9-13/h3-9,11H,10H2,1-2H3,(H,20,22)/t11-/m0/s1. The molecule has 1 heterocycles. The van der Waals surface area contributed by atoms with Gasteiger partial charge in [-0.05, 0) is 36.8 Å². The number of carbonyl (C=O) groups is 2. The van der Waals surface area contributed by atoms with Crippen LogP contribution in [0.2, 0.25) is 5.02 Å². The predicted molar refractivity (Wildman–Crippen MR) is 92.4 cm³/mol. The van der Waals surface area contributed by atoms with Crippen molar-refractivity contribution >= 4 is 29.1 Å². The Labute approximate surface area is 145 Å². The van der Waals surface area contributed by atoms with Gasteiger partial charge in [-0.2, -0.15) is 0 Å². The second kappa shape index (κ2) is 6.53. The number of halogens is 1. The molecule has 1 atom stereocenters. The monoisotopic (exact) mass is 344 g/mol. The lowest BCUT2D eigenvalue weighted by atomic mass is 10.1. The van der Waals surface area contributed by atoms with Crippen molar-refractivity contribution in [2.75, 3.05) is 12.4 Å². The molecular formula is C18H17ClN2O3. The van der Waals surface area contributed by atoms with Crippen LogP contribution >= 0.6 is 11.6 Å². The van der Waals surface area contributed by atoms with Crippen LogP contribution in [-0.4, -0.2) is 29.9 Å². The van der Waals surface area contributed by atoms with Gasteiger partial charge in [-0.1, -0.05) is 29.8 Å². The van der Waals surface area contributed by atoms with E-state index in [2.05, 4.69) is 5.32 Å². The molecule has 1 aliphatic heterocycles. The number of hydrogen-bond acceptors (Lipinski definition) is 3. The molecule has 6 heteroatoms.